The van der Waals surface area contributed by atoms with Gasteiger partial charge in [0.15, 0.2) is 0 Å². The second-order valence-corrected chi connectivity index (χ2v) is 5.12. The van der Waals surface area contributed by atoms with E-state index >= 15 is 0 Å². The van der Waals surface area contributed by atoms with Gasteiger partial charge in [-0.3, -0.25) is 9.69 Å². The first-order valence-electron chi connectivity index (χ1n) is 5.45. The smallest absolute Gasteiger partial charge is 0.307 e. The predicted octanol–water partition coefficient (Wildman–Crippen LogP) is 2.90. The molecule has 1 aliphatic rings. The molecule has 0 spiro atoms. The van der Waals surface area contributed by atoms with Crippen LogP contribution in [-0.4, -0.2) is 29.1 Å². The first kappa shape index (κ1) is 12.7. The summed E-state index contributed by atoms with van der Waals surface area (Å²) in [5, 5.41) is 9.99. The largest absolute Gasteiger partial charge is 0.481 e. The van der Waals surface area contributed by atoms with E-state index in [0.717, 1.165) is 25.1 Å². The Morgan fingerprint density at radius 2 is 2.18 bits per heavy atom. The third-order valence-electron chi connectivity index (χ3n) is 3.01. The summed E-state index contributed by atoms with van der Waals surface area (Å²) < 4.78 is 0. The highest BCUT2D eigenvalue weighted by Gasteiger charge is 2.27. The summed E-state index contributed by atoms with van der Waals surface area (Å²) in [7, 11) is 0. The minimum atomic E-state index is -0.707. The van der Waals surface area contributed by atoms with Crippen LogP contribution in [-0.2, 0) is 11.3 Å². The number of aliphatic carboxylic acids is 1. The lowest BCUT2D eigenvalue weighted by molar-refractivity contribution is -0.141. The number of carboxylic acids is 1. The van der Waals surface area contributed by atoms with Crippen molar-refractivity contribution in [3.8, 4) is 0 Å². The zero-order chi connectivity index (χ0) is 12.4. The highest BCUT2D eigenvalue weighted by atomic mass is 35.5. The molecule has 0 aliphatic carbocycles. The average molecular weight is 274 g/mol. The Bertz CT molecular complexity index is 437. The van der Waals surface area contributed by atoms with Crippen LogP contribution in [0, 0.1) is 5.92 Å². The Kier molecular flexibility index (Phi) is 3.92. The minimum absolute atomic E-state index is 0.238. The lowest BCUT2D eigenvalue weighted by atomic mass is 10.1. The van der Waals surface area contributed by atoms with Crippen LogP contribution in [0.1, 0.15) is 12.0 Å². The maximum absolute atomic E-state index is 10.8. The quantitative estimate of drug-likeness (QED) is 0.921. The van der Waals surface area contributed by atoms with Gasteiger partial charge in [0.05, 0.1) is 16.0 Å². The second kappa shape index (κ2) is 5.25. The van der Waals surface area contributed by atoms with Gasteiger partial charge < -0.3 is 5.11 Å². The molecule has 5 heteroatoms. The first-order chi connectivity index (χ1) is 8.06. The lowest BCUT2D eigenvalue weighted by Crippen LogP contribution is -2.22. The van der Waals surface area contributed by atoms with E-state index in [1.165, 1.54) is 0 Å². The molecule has 1 fully saturated rings. The van der Waals surface area contributed by atoms with Gasteiger partial charge in [-0.25, -0.2) is 0 Å². The fourth-order valence-electron chi connectivity index (χ4n) is 2.07. The summed E-state index contributed by atoms with van der Waals surface area (Å²) in [5.74, 6) is -0.945. The molecule has 0 radical (unpaired) electrons. The molecule has 0 bridgehead atoms. The van der Waals surface area contributed by atoms with Crippen molar-refractivity contribution >= 4 is 29.2 Å². The van der Waals surface area contributed by atoms with Crippen LogP contribution in [0.2, 0.25) is 10.0 Å². The molecule has 0 aromatic heterocycles. The van der Waals surface area contributed by atoms with Gasteiger partial charge in [-0.1, -0.05) is 29.3 Å². The van der Waals surface area contributed by atoms with Crippen molar-refractivity contribution in [1.29, 1.82) is 0 Å². The van der Waals surface area contributed by atoms with Crippen molar-refractivity contribution in [2.45, 2.75) is 13.0 Å². The van der Waals surface area contributed by atoms with Crippen LogP contribution < -0.4 is 0 Å². The van der Waals surface area contributed by atoms with E-state index in [2.05, 4.69) is 4.90 Å². The van der Waals surface area contributed by atoms with Crippen LogP contribution in [0.25, 0.3) is 0 Å². The summed E-state index contributed by atoms with van der Waals surface area (Å²) in [6.45, 7) is 2.15. The maximum atomic E-state index is 10.8. The van der Waals surface area contributed by atoms with Crippen LogP contribution >= 0.6 is 23.2 Å². The average Bonchev–Trinajstić information content (AvgIpc) is 2.72. The Morgan fingerprint density at radius 1 is 1.41 bits per heavy atom. The number of carbonyl (C=O) groups is 1. The molecule has 3 nitrogen and oxygen atoms in total. The van der Waals surface area contributed by atoms with Gasteiger partial charge >= 0.3 is 5.97 Å². The standard InChI is InChI=1S/C12H13Cl2NO2/c13-10-2-1-8(5-11(10)14)6-15-4-3-9(7-15)12(16)17/h1-2,5,9H,3-4,6-7H2,(H,16,17). The van der Waals surface area contributed by atoms with Gasteiger partial charge in [0.2, 0.25) is 0 Å². The van der Waals surface area contributed by atoms with Crippen molar-refractivity contribution in [2.75, 3.05) is 13.1 Å². The normalized spacial score (nSPS) is 20.7. The van der Waals surface area contributed by atoms with E-state index in [1.807, 2.05) is 12.1 Å². The molecule has 0 saturated carbocycles. The first-order valence-corrected chi connectivity index (χ1v) is 6.21. The van der Waals surface area contributed by atoms with Crippen LogP contribution in [0.15, 0.2) is 18.2 Å². The highest BCUT2D eigenvalue weighted by molar-refractivity contribution is 6.42. The predicted molar refractivity (Wildman–Crippen MR) is 67.5 cm³/mol. The van der Waals surface area contributed by atoms with E-state index in [9.17, 15) is 4.79 Å². The molecule has 1 unspecified atom stereocenters. The number of likely N-dealkylation sites (tertiary alicyclic amines) is 1. The summed E-state index contributed by atoms with van der Waals surface area (Å²) in [6, 6.07) is 5.52. The topological polar surface area (TPSA) is 40.5 Å². The molecule has 1 aromatic rings. The molecule has 1 saturated heterocycles. The Balaban J connectivity index is 1.98. The summed E-state index contributed by atoms with van der Waals surface area (Å²) >= 11 is 11.8. The molecule has 1 aromatic carbocycles. The van der Waals surface area contributed by atoms with Crippen molar-refractivity contribution in [2.24, 2.45) is 5.92 Å². The second-order valence-electron chi connectivity index (χ2n) is 4.31. The third kappa shape index (κ3) is 3.12. The third-order valence-corrected chi connectivity index (χ3v) is 3.75. The van der Waals surface area contributed by atoms with E-state index in [1.54, 1.807) is 6.07 Å². The SMILES string of the molecule is O=C(O)C1CCN(Cc2ccc(Cl)c(Cl)c2)C1. The Hall–Kier alpha value is -0.770. The van der Waals surface area contributed by atoms with Crippen molar-refractivity contribution in [3.05, 3.63) is 33.8 Å². The fourth-order valence-corrected chi connectivity index (χ4v) is 2.39. The van der Waals surface area contributed by atoms with Gasteiger partial charge in [0, 0.05) is 13.1 Å². The van der Waals surface area contributed by atoms with E-state index in [0.29, 0.717) is 16.6 Å². The van der Waals surface area contributed by atoms with Gasteiger partial charge in [0.1, 0.15) is 0 Å². The van der Waals surface area contributed by atoms with Crippen molar-refractivity contribution in [3.63, 3.8) is 0 Å². The Morgan fingerprint density at radius 3 is 2.76 bits per heavy atom. The number of hydrogen-bond donors (Lipinski definition) is 1. The summed E-state index contributed by atoms with van der Waals surface area (Å²) in [4.78, 5) is 13.0. The van der Waals surface area contributed by atoms with Gasteiger partial charge in [-0.2, -0.15) is 0 Å². The minimum Gasteiger partial charge on any atom is -0.481 e. The van der Waals surface area contributed by atoms with Crippen LogP contribution in [0.4, 0.5) is 0 Å². The zero-order valence-corrected chi connectivity index (χ0v) is 10.7. The van der Waals surface area contributed by atoms with Gasteiger partial charge in [-0.05, 0) is 30.7 Å². The number of nitrogens with zero attached hydrogens (tertiary/aromatic N) is 1. The fraction of sp³-hybridized carbons (Fsp3) is 0.417. The zero-order valence-electron chi connectivity index (χ0n) is 9.20. The highest BCUT2D eigenvalue weighted by Crippen LogP contribution is 2.25. The van der Waals surface area contributed by atoms with Crippen LogP contribution in [0.3, 0.4) is 0 Å². The van der Waals surface area contributed by atoms with E-state index < -0.39 is 5.97 Å². The lowest BCUT2D eigenvalue weighted by Gasteiger charge is -2.15. The van der Waals surface area contributed by atoms with Crippen molar-refractivity contribution < 1.29 is 9.90 Å². The monoisotopic (exact) mass is 273 g/mol. The van der Waals surface area contributed by atoms with E-state index in [4.69, 9.17) is 28.3 Å². The summed E-state index contributed by atoms with van der Waals surface area (Å²) in [6.07, 6.45) is 0.719. The van der Waals surface area contributed by atoms with Gasteiger partial charge in [-0.15, -0.1) is 0 Å². The number of hydrogen-bond acceptors (Lipinski definition) is 2. The van der Waals surface area contributed by atoms with Gasteiger partial charge in [0.25, 0.3) is 0 Å². The molecule has 92 valence electrons. The molecular formula is C12H13Cl2NO2. The summed E-state index contributed by atoms with van der Waals surface area (Å²) in [5.41, 5.74) is 1.06. The Labute approximate surface area is 110 Å². The molecule has 1 aliphatic heterocycles. The van der Waals surface area contributed by atoms with E-state index in [-0.39, 0.29) is 5.92 Å². The molecule has 17 heavy (non-hydrogen) atoms. The number of rotatable bonds is 3. The number of halogens is 2. The molecular weight excluding hydrogens is 261 g/mol. The molecule has 0 amide bonds. The number of carboxylic acid groups (broad SMARTS) is 1. The number of benzene rings is 1. The molecule has 1 atom stereocenters. The molecule has 1 heterocycles. The van der Waals surface area contributed by atoms with Crippen LogP contribution in [0.5, 0.6) is 0 Å². The maximum Gasteiger partial charge on any atom is 0.307 e. The molecule has 2 rings (SSSR count). The molecule has 1 N–H and O–H groups in total. The van der Waals surface area contributed by atoms with Crippen molar-refractivity contribution in [1.82, 2.24) is 4.90 Å².